The number of rotatable bonds is 5. The minimum Gasteiger partial charge on any atom is -0.366 e. The molecule has 0 N–H and O–H groups in total. The second kappa shape index (κ2) is 5.25. The van der Waals surface area contributed by atoms with Crippen LogP contribution in [-0.2, 0) is 14.3 Å². The molecule has 2 atom stereocenters. The molecule has 0 aromatic rings. The van der Waals surface area contributed by atoms with Gasteiger partial charge in [-0.05, 0) is 13.3 Å². The maximum absolute atomic E-state index is 11.4. The van der Waals surface area contributed by atoms with E-state index in [1.165, 1.54) is 6.92 Å². The SMILES string of the molecule is CCCCC1CC(=O)C(CC(C)=O)O1. The Morgan fingerprint density at radius 3 is 2.86 bits per heavy atom. The molecular weight excluding hydrogens is 180 g/mol. The zero-order chi connectivity index (χ0) is 10.6. The number of carbonyl (C=O) groups is 2. The number of carbonyl (C=O) groups excluding carboxylic acids is 2. The third-order valence-corrected chi connectivity index (χ3v) is 2.50. The smallest absolute Gasteiger partial charge is 0.164 e. The van der Waals surface area contributed by atoms with E-state index < -0.39 is 6.10 Å². The van der Waals surface area contributed by atoms with Gasteiger partial charge in [0.1, 0.15) is 11.9 Å². The highest BCUT2D eigenvalue weighted by Gasteiger charge is 2.33. The fourth-order valence-electron chi connectivity index (χ4n) is 1.74. The first kappa shape index (κ1) is 11.4. The van der Waals surface area contributed by atoms with Crippen molar-refractivity contribution in [2.24, 2.45) is 0 Å². The van der Waals surface area contributed by atoms with Crippen LogP contribution in [0, 0.1) is 0 Å². The molecule has 1 heterocycles. The molecule has 0 aromatic heterocycles. The molecule has 3 heteroatoms. The summed E-state index contributed by atoms with van der Waals surface area (Å²) in [6.07, 6.45) is 3.51. The van der Waals surface area contributed by atoms with Crippen LogP contribution in [0.3, 0.4) is 0 Å². The van der Waals surface area contributed by atoms with Gasteiger partial charge in [-0.15, -0.1) is 0 Å². The van der Waals surface area contributed by atoms with Crippen LogP contribution >= 0.6 is 0 Å². The van der Waals surface area contributed by atoms with E-state index in [1.807, 2.05) is 0 Å². The van der Waals surface area contributed by atoms with Crippen molar-refractivity contribution < 1.29 is 14.3 Å². The predicted molar refractivity (Wildman–Crippen MR) is 53.1 cm³/mol. The molecule has 1 fully saturated rings. The Kier molecular flexibility index (Phi) is 4.26. The van der Waals surface area contributed by atoms with Crippen LogP contribution in [0.25, 0.3) is 0 Å². The summed E-state index contributed by atoms with van der Waals surface area (Å²) in [6, 6.07) is 0. The van der Waals surface area contributed by atoms with Gasteiger partial charge in [0.15, 0.2) is 5.78 Å². The van der Waals surface area contributed by atoms with Crippen molar-refractivity contribution in [3.05, 3.63) is 0 Å². The van der Waals surface area contributed by atoms with Gasteiger partial charge in [0.2, 0.25) is 0 Å². The van der Waals surface area contributed by atoms with Crippen LogP contribution in [0.1, 0.15) is 46.0 Å². The third kappa shape index (κ3) is 3.22. The summed E-state index contributed by atoms with van der Waals surface area (Å²) in [5, 5.41) is 0. The highest BCUT2D eigenvalue weighted by molar-refractivity contribution is 5.90. The second-order valence-corrected chi connectivity index (χ2v) is 3.97. The Bertz CT molecular complexity index is 223. The Balaban J connectivity index is 2.35. The molecule has 1 rings (SSSR count). The van der Waals surface area contributed by atoms with E-state index in [9.17, 15) is 9.59 Å². The van der Waals surface area contributed by atoms with Crippen LogP contribution < -0.4 is 0 Å². The summed E-state index contributed by atoms with van der Waals surface area (Å²) in [4.78, 5) is 22.2. The molecule has 3 nitrogen and oxygen atoms in total. The maximum Gasteiger partial charge on any atom is 0.164 e. The molecular formula is C11H18O3. The van der Waals surface area contributed by atoms with Gasteiger partial charge in [-0.25, -0.2) is 0 Å². The largest absolute Gasteiger partial charge is 0.366 e. The van der Waals surface area contributed by atoms with E-state index in [-0.39, 0.29) is 24.1 Å². The van der Waals surface area contributed by atoms with E-state index in [2.05, 4.69) is 6.92 Å². The highest BCUT2D eigenvalue weighted by Crippen LogP contribution is 2.22. The molecule has 14 heavy (non-hydrogen) atoms. The molecule has 1 aliphatic rings. The van der Waals surface area contributed by atoms with Crippen molar-refractivity contribution in [1.29, 1.82) is 0 Å². The first-order chi connectivity index (χ1) is 6.63. The predicted octanol–water partition coefficient (Wildman–Crippen LogP) is 1.88. The monoisotopic (exact) mass is 198 g/mol. The van der Waals surface area contributed by atoms with Gasteiger partial charge in [0.25, 0.3) is 0 Å². The van der Waals surface area contributed by atoms with Crippen LogP contribution in [0.2, 0.25) is 0 Å². The molecule has 1 aliphatic heterocycles. The van der Waals surface area contributed by atoms with Crippen LogP contribution in [-0.4, -0.2) is 23.8 Å². The lowest BCUT2D eigenvalue weighted by molar-refractivity contribution is -0.128. The van der Waals surface area contributed by atoms with Gasteiger partial charge < -0.3 is 4.74 Å². The zero-order valence-electron chi connectivity index (χ0n) is 8.91. The molecule has 80 valence electrons. The minimum absolute atomic E-state index is 0.0273. The Morgan fingerprint density at radius 1 is 1.57 bits per heavy atom. The Labute approximate surface area is 84.8 Å². The van der Waals surface area contributed by atoms with Crippen LogP contribution in [0.4, 0.5) is 0 Å². The minimum atomic E-state index is -0.450. The van der Waals surface area contributed by atoms with Gasteiger partial charge in [-0.1, -0.05) is 19.8 Å². The van der Waals surface area contributed by atoms with Crippen molar-refractivity contribution in [2.45, 2.75) is 58.2 Å². The number of ether oxygens (including phenoxy) is 1. The van der Waals surface area contributed by atoms with Crippen LogP contribution in [0.5, 0.6) is 0 Å². The van der Waals surface area contributed by atoms with Crippen molar-refractivity contribution >= 4 is 11.6 Å². The number of unbranched alkanes of at least 4 members (excludes halogenated alkanes) is 1. The second-order valence-electron chi connectivity index (χ2n) is 3.97. The van der Waals surface area contributed by atoms with E-state index in [0.717, 1.165) is 19.3 Å². The number of hydrogen-bond donors (Lipinski definition) is 0. The van der Waals surface area contributed by atoms with Gasteiger partial charge >= 0.3 is 0 Å². The topological polar surface area (TPSA) is 43.4 Å². The number of hydrogen-bond acceptors (Lipinski definition) is 3. The van der Waals surface area contributed by atoms with Crippen molar-refractivity contribution in [1.82, 2.24) is 0 Å². The molecule has 0 saturated carbocycles. The fraction of sp³-hybridized carbons (Fsp3) is 0.818. The molecule has 0 aliphatic carbocycles. The average molecular weight is 198 g/mol. The highest BCUT2D eigenvalue weighted by atomic mass is 16.5. The first-order valence-corrected chi connectivity index (χ1v) is 5.31. The zero-order valence-corrected chi connectivity index (χ0v) is 8.91. The quantitative estimate of drug-likeness (QED) is 0.677. The van der Waals surface area contributed by atoms with E-state index >= 15 is 0 Å². The molecule has 1 saturated heterocycles. The molecule has 2 unspecified atom stereocenters. The summed E-state index contributed by atoms with van der Waals surface area (Å²) in [5.41, 5.74) is 0. The van der Waals surface area contributed by atoms with E-state index in [4.69, 9.17) is 4.74 Å². The lowest BCUT2D eigenvalue weighted by Crippen LogP contribution is -2.19. The summed E-state index contributed by atoms with van der Waals surface area (Å²) in [7, 11) is 0. The standard InChI is InChI=1S/C11H18O3/c1-3-4-5-9-7-10(13)11(14-9)6-8(2)12/h9,11H,3-7H2,1-2H3. The van der Waals surface area contributed by atoms with Gasteiger partial charge in [-0.3, -0.25) is 9.59 Å². The Morgan fingerprint density at radius 2 is 2.29 bits per heavy atom. The summed E-state index contributed by atoms with van der Waals surface area (Å²) >= 11 is 0. The average Bonchev–Trinajstić information content (AvgIpc) is 2.43. The van der Waals surface area contributed by atoms with Gasteiger partial charge in [-0.2, -0.15) is 0 Å². The Hall–Kier alpha value is -0.700. The van der Waals surface area contributed by atoms with Gasteiger partial charge in [0, 0.05) is 12.8 Å². The third-order valence-electron chi connectivity index (χ3n) is 2.50. The van der Waals surface area contributed by atoms with E-state index in [0.29, 0.717) is 6.42 Å². The molecule has 0 aromatic carbocycles. The fourth-order valence-corrected chi connectivity index (χ4v) is 1.74. The number of ketones is 2. The molecule has 0 spiro atoms. The summed E-state index contributed by atoms with van der Waals surface area (Å²) in [6.45, 7) is 3.61. The lowest BCUT2D eigenvalue weighted by Gasteiger charge is -2.10. The van der Waals surface area contributed by atoms with Gasteiger partial charge in [0.05, 0.1) is 6.10 Å². The lowest BCUT2D eigenvalue weighted by atomic mass is 10.1. The summed E-state index contributed by atoms with van der Waals surface area (Å²) < 4.78 is 5.52. The number of Topliss-reactive ketones (excluding diaryl/α,β-unsaturated/α-hetero) is 2. The summed E-state index contributed by atoms with van der Waals surface area (Å²) in [5.74, 6) is 0.126. The van der Waals surface area contributed by atoms with Crippen molar-refractivity contribution in [3.63, 3.8) is 0 Å². The van der Waals surface area contributed by atoms with E-state index in [1.54, 1.807) is 0 Å². The maximum atomic E-state index is 11.4. The molecule has 0 bridgehead atoms. The van der Waals surface area contributed by atoms with Crippen molar-refractivity contribution in [2.75, 3.05) is 0 Å². The van der Waals surface area contributed by atoms with Crippen LogP contribution in [0.15, 0.2) is 0 Å². The van der Waals surface area contributed by atoms with Crippen molar-refractivity contribution in [3.8, 4) is 0 Å². The molecule has 0 radical (unpaired) electrons. The normalized spacial score (nSPS) is 26.9. The first-order valence-electron chi connectivity index (χ1n) is 5.31. The molecule has 0 amide bonds.